The molecule has 0 saturated heterocycles. The van der Waals surface area contributed by atoms with E-state index in [1.165, 1.54) is 0 Å². The van der Waals surface area contributed by atoms with E-state index < -0.39 is 0 Å². The average Bonchev–Trinajstić information content (AvgIpc) is 2.29. The molecule has 0 atom stereocenters. The zero-order valence-electron chi connectivity index (χ0n) is 9.04. The average molecular weight is 306 g/mol. The van der Waals surface area contributed by atoms with Gasteiger partial charge in [-0.1, -0.05) is 27.5 Å². The fourth-order valence-corrected chi connectivity index (χ4v) is 1.53. The van der Waals surface area contributed by atoms with Crippen LogP contribution in [0.2, 0.25) is 5.02 Å². The summed E-state index contributed by atoms with van der Waals surface area (Å²) in [4.78, 5) is 13.3. The lowest BCUT2D eigenvalue weighted by Gasteiger charge is -2.17. The molecule has 0 fully saturated rings. The normalized spacial score (nSPS) is 9.94. The van der Waals surface area contributed by atoms with E-state index in [0.717, 1.165) is 24.0 Å². The molecule has 88 valence electrons. The molecular formula is C11H14BrClN2O. The number of halogens is 2. The third-order valence-electron chi connectivity index (χ3n) is 2.07. The highest BCUT2D eigenvalue weighted by Gasteiger charge is 2.07. The van der Waals surface area contributed by atoms with E-state index in [1.54, 1.807) is 36.2 Å². The lowest BCUT2D eigenvalue weighted by molar-refractivity contribution is 0.222. The smallest absolute Gasteiger partial charge is 0.321 e. The van der Waals surface area contributed by atoms with E-state index >= 15 is 0 Å². The Morgan fingerprint density at radius 3 is 2.62 bits per heavy atom. The Balaban J connectivity index is 2.47. The van der Waals surface area contributed by atoms with Gasteiger partial charge in [-0.15, -0.1) is 0 Å². The number of nitrogens with zero attached hydrogens (tertiary/aromatic N) is 1. The van der Waals surface area contributed by atoms with E-state index in [1.807, 2.05) is 0 Å². The minimum Gasteiger partial charge on any atom is -0.328 e. The maximum atomic E-state index is 11.7. The maximum Gasteiger partial charge on any atom is 0.321 e. The minimum absolute atomic E-state index is 0.108. The van der Waals surface area contributed by atoms with Gasteiger partial charge in [0, 0.05) is 29.6 Å². The fraction of sp³-hybridized carbons (Fsp3) is 0.364. The summed E-state index contributed by atoms with van der Waals surface area (Å²) >= 11 is 9.08. The Morgan fingerprint density at radius 2 is 2.06 bits per heavy atom. The third kappa shape index (κ3) is 4.41. The molecule has 0 aliphatic rings. The van der Waals surface area contributed by atoms with Crippen LogP contribution in [0.1, 0.15) is 6.42 Å². The number of carbonyl (C=O) groups excluding carboxylic acids is 1. The van der Waals surface area contributed by atoms with Crippen molar-refractivity contribution in [3.63, 3.8) is 0 Å². The van der Waals surface area contributed by atoms with E-state index in [2.05, 4.69) is 21.2 Å². The van der Waals surface area contributed by atoms with Gasteiger partial charge in [0.25, 0.3) is 0 Å². The number of anilines is 1. The van der Waals surface area contributed by atoms with Crippen LogP contribution in [0.15, 0.2) is 24.3 Å². The number of benzene rings is 1. The van der Waals surface area contributed by atoms with Gasteiger partial charge in [0.05, 0.1) is 0 Å². The highest BCUT2D eigenvalue weighted by atomic mass is 79.9. The largest absolute Gasteiger partial charge is 0.328 e. The van der Waals surface area contributed by atoms with Gasteiger partial charge < -0.3 is 10.2 Å². The molecule has 0 aromatic heterocycles. The summed E-state index contributed by atoms with van der Waals surface area (Å²) < 4.78 is 0. The molecule has 1 N–H and O–H groups in total. The van der Waals surface area contributed by atoms with Crippen molar-refractivity contribution in [1.82, 2.24) is 4.90 Å². The molecule has 1 aromatic carbocycles. The number of hydrogen-bond donors (Lipinski definition) is 1. The standard InChI is InChI=1S/C11H14BrClN2O/c1-15(8-2-7-12)11(16)14-10-5-3-9(13)4-6-10/h3-6H,2,7-8H2,1H3,(H,14,16). The van der Waals surface area contributed by atoms with Crippen LogP contribution < -0.4 is 5.32 Å². The zero-order valence-corrected chi connectivity index (χ0v) is 11.4. The van der Waals surface area contributed by atoms with Crippen LogP contribution >= 0.6 is 27.5 Å². The molecule has 1 aromatic rings. The van der Waals surface area contributed by atoms with E-state index in [0.29, 0.717) is 5.02 Å². The van der Waals surface area contributed by atoms with Crippen molar-refractivity contribution < 1.29 is 4.79 Å². The maximum absolute atomic E-state index is 11.7. The molecule has 0 aliphatic carbocycles. The van der Waals surface area contributed by atoms with Crippen molar-refractivity contribution >= 4 is 39.2 Å². The van der Waals surface area contributed by atoms with Crippen LogP contribution in [0.5, 0.6) is 0 Å². The lowest BCUT2D eigenvalue weighted by Crippen LogP contribution is -2.32. The Bertz CT molecular complexity index is 342. The van der Waals surface area contributed by atoms with E-state index in [9.17, 15) is 4.79 Å². The summed E-state index contributed by atoms with van der Waals surface area (Å²) in [5.41, 5.74) is 0.750. The van der Waals surface area contributed by atoms with Crippen molar-refractivity contribution in [3.8, 4) is 0 Å². The molecule has 5 heteroatoms. The highest BCUT2D eigenvalue weighted by Crippen LogP contribution is 2.13. The van der Waals surface area contributed by atoms with Crippen molar-refractivity contribution in [2.24, 2.45) is 0 Å². The van der Waals surface area contributed by atoms with E-state index in [-0.39, 0.29) is 6.03 Å². The molecule has 0 bridgehead atoms. The van der Waals surface area contributed by atoms with Crippen LogP contribution in [0.25, 0.3) is 0 Å². The van der Waals surface area contributed by atoms with Gasteiger partial charge in [0.15, 0.2) is 0 Å². The molecule has 0 radical (unpaired) electrons. The number of rotatable bonds is 4. The van der Waals surface area contributed by atoms with Crippen LogP contribution in [-0.4, -0.2) is 29.9 Å². The Hall–Kier alpha value is -0.740. The summed E-state index contributed by atoms with van der Waals surface area (Å²) in [5, 5.41) is 4.34. The molecule has 3 nitrogen and oxygen atoms in total. The fourth-order valence-electron chi connectivity index (χ4n) is 1.15. The number of urea groups is 1. The quantitative estimate of drug-likeness (QED) is 0.847. The minimum atomic E-state index is -0.108. The number of carbonyl (C=O) groups is 1. The first-order valence-electron chi connectivity index (χ1n) is 4.97. The second-order valence-corrected chi connectivity index (χ2v) is 4.63. The third-order valence-corrected chi connectivity index (χ3v) is 2.88. The Kier molecular flexibility index (Phi) is 5.63. The molecule has 2 amide bonds. The molecule has 0 heterocycles. The second-order valence-electron chi connectivity index (χ2n) is 3.40. The lowest BCUT2D eigenvalue weighted by atomic mass is 10.3. The van der Waals surface area contributed by atoms with Crippen LogP contribution in [0.4, 0.5) is 10.5 Å². The van der Waals surface area contributed by atoms with Gasteiger partial charge in [0.1, 0.15) is 0 Å². The molecule has 0 saturated carbocycles. The zero-order chi connectivity index (χ0) is 12.0. The number of amides is 2. The number of alkyl halides is 1. The van der Waals surface area contributed by atoms with Gasteiger partial charge in [-0.25, -0.2) is 4.79 Å². The van der Waals surface area contributed by atoms with Gasteiger partial charge in [-0.05, 0) is 30.7 Å². The van der Waals surface area contributed by atoms with Crippen molar-refractivity contribution in [2.45, 2.75) is 6.42 Å². The predicted molar refractivity (Wildman–Crippen MR) is 71.5 cm³/mol. The summed E-state index contributed by atoms with van der Waals surface area (Å²) in [6.07, 6.45) is 0.935. The first-order chi connectivity index (χ1) is 7.63. The van der Waals surface area contributed by atoms with Crippen LogP contribution in [-0.2, 0) is 0 Å². The second kappa shape index (κ2) is 6.76. The molecule has 0 unspecified atom stereocenters. The first kappa shape index (κ1) is 13.3. The molecule has 16 heavy (non-hydrogen) atoms. The molecule has 1 rings (SSSR count). The summed E-state index contributed by atoms with van der Waals surface area (Å²) in [7, 11) is 1.77. The van der Waals surface area contributed by atoms with Gasteiger partial charge in [-0.3, -0.25) is 0 Å². The monoisotopic (exact) mass is 304 g/mol. The first-order valence-corrected chi connectivity index (χ1v) is 6.47. The molecule has 0 aliphatic heterocycles. The topological polar surface area (TPSA) is 32.3 Å². The molecular weight excluding hydrogens is 291 g/mol. The predicted octanol–water partition coefficient (Wildman–Crippen LogP) is 3.59. The Morgan fingerprint density at radius 1 is 1.44 bits per heavy atom. The molecule has 0 spiro atoms. The van der Waals surface area contributed by atoms with Crippen molar-refractivity contribution in [2.75, 3.05) is 24.2 Å². The van der Waals surface area contributed by atoms with Crippen LogP contribution in [0.3, 0.4) is 0 Å². The summed E-state index contributed by atoms with van der Waals surface area (Å²) in [6, 6.07) is 6.94. The number of hydrogen-bond acceptors (Lipinski definition) is 1. The van der Waals surface area contributed by atoms with Gasteiger partial charge >= 0.3 is 6.03 Å². The van der Waals surface area contributed by atoms with Gasteiger partial charge in [-0.2, -0.15) is 0 Å². The summed E-state index contributed by atoms with van der Waals surface area (Å²) in [6.45, 7) is 0.727. The SMILES string of the molecule is CN(CCCBr)C(=O)Nc1ccc(Cl)cc1. The Labute approximate surface area is 109 Å². The highest BCUT2D eigenvalue weighted by molar-refractivity contribution is 9.09. The van der Waals surface area contributed by atoms with Crippen LogP contribution in [0, 0.1) is 0 Å². The summed E-state index contributed by atoms with van der Waals surface area (Å²) in [5.74, 6) is 0. The van der Waals surface area contributed by atoms with Gasteiger partial charge in [0.2, 0.25) is 0 Å². The number of nitrogens with one attached hydrogen (secondary N) is 1. The van der Waals surface area contributed by atoms with Crippen molar-refractivity contribution in [3.05, 3.63) is 29.3 Å². The van der Waals surface area contributed by atoms with Crippen molar-refractivity contribution in [1.29, 1.82) is 0 Å². The van der Waals surface area contributed by atoms with E-state index in [4.69, 9.17) is 11.6 Å².